The second kappa shape index (κ2) is 6.80. The molecule has 5 nitrogen and oxygen atoms in total. The first kappa shape index (κ1) is 16.0. The summed E-state index contributed by atoms with van der Waals surface area (Å²) in [5.41, 5.74) is 0.907. The van der Waals surface area contributed by atoms with Crippen LogP contribution in [-0.2, 0) is 0 Å². The number of carbonyl (C=O) groups excluding carboxylic acids is 1. The van der Waals surface area contributed by atoms with Crippen LogP contribution in [0.25, 0.3) is 16.4 Å². The lowest BCUT2D eigenvalue weighted by atomic mass is 9.99. The molecule has 1 fully saturated rings. The summed E-state index contributed by atoms with van der Waals surface area (Å²) in [7, 11) is 0. The third-order valence-corrected chi connectivity index (χ3v) is 5.48. The van der Waals surface area contributed by atoms with E-state index in [2.05, 4.69) is 17.0 Å². The van der Waals surface area contributed by atoms with Gasteiger partial charge in [0.2, 0.25) is 5.82 Å². The molecular weight excluding hydrogens is 332 g/mol. The van der Waals surface area contributed by atoms with Crippen LogP contribution in [0.1, 0.15) is 30.4 Å². The van der Waals surface area contributed by atoms with Crippen LogP contribution in [0.3, 0.4) is 0 Å². The van der Waals surface area contributed by atoms with Crippen molar-refractivity contribution in [3.8, 4) is 16.4 Å². The van der Waals surface area contributed by atoms with Crippen LogP contribution in [0, 0.1) is 5.92 Å². The monoisotopic (exact) mass is 352 g/mol. The lowest BCUT2D eigenvalue weighted by Gasteiger charge is -2.29. The highest BCUT2D eigenvalue weighted by Crippen LogP contribution is 2.26. The number of piperidine rings is 1. The predicted molar refractivity (Wildman–Crippen MR) is 99.0 cm³/mol. The SMILES string of the molecule is CC1CCN(C(=O)c2nc(-c3cccs3)n(-c3ccccc3)n2)CC1. The van der Waals surface area contributed by atoms with Gasteiger partial charge < -0.3 is 4.90 Å². The van der Waals surface area contributed by atoms with E-state index >= 15 is 0 Å². The van der Waals surface area contributed by atoms with Crippen molar-refractivity contribution in [3.05, 3.63) is 53.7 Å². The molecule has 0 unspecified atom stereocenters. The summed E-state index contributed by atoms with van der Waals surface area (Å²) >= 11 is 1.60. The number of thiophene rings is 1. The van der Waals surface area contributed by atoms with Crippen molar-refractivity contribution in [1.29, 1.82) is 0 Å². The third kappa shape index (κ3) is 3.22. The van der Waals surface area contributed by atoms with Gasteiger partial charge in [0.15, 0.2) is 5.82 Å². The van der Waals surface area contributed by atoms with Crippen molar-refractivity contribution in [2.45, 2.75) is 19.8 Å². The quantitative estimate of drug-likeness (QED) is 0.719. The lowest BCUT2D eigenvalue weighted by molar-refractivity contribution is 0.0685. The molecule has 0 atom stereocenters. The fourth-order valence-electron chi connectivity index (χ4n) is 3.07. The molecule has 0 saturated carbocycles. The van der Waals surface area contributed by atoms with Gasteiger partial charge in [-0.3, -0.25) is 4.79 Å². The van der Waals surface area contributed by atoms with E-state index < -0.39 is 0 Å². The number of likely N-dealkylation sites (tertiary alicyclic amines) is 1. The average Bonchev–Trinajstić information content (AvgIpc) is 3.32. The van der Waals surface area contributed by atoms with Gasteiger partial charge in [0.05, 0.1) is 10.6 Å². The van der Waals surface area contributed by atoms with Gasteiger partial charge in [-0.05, 0) is 42.3 Å². The Morgan fingerprint density at radius 2 is 1.88 bits per heavy atom. The first-order valence-corrected chi connectivity index (χ1v) is 9.46. The van der Waals surface area contributed by atoms with Crippen molar-refractivity contribution in [2.24, 2.45) is 5.92 Å². The number of hydrogen-bond acceptors (Lipinski definition) is 4. The first-order chi connectivity index (χ1) is 12.2. The highest BCUT2D eigenvalue weighted by Gasteiger charge is 2.26. The average molecular weight is 352 g/mol. The van der Waals surface area contributed by atoms with Gasteiger partial charge in [-0.2, -0.15) is 0 Å². The Bertz CT molecular complexity index is 849. The topological polar surface area (TPSA) is 51.0 Å². The van der Waals surface area contributed by atoms with Gasteiger partial charge >= 0.3 is 0 Å². The fourth-order valence-corrected chi connectivity index (χ4v) is 3.77. The van der Waals surface area contributed by atoms with Crippen molar-refractivity contribution in [3.63, 3.8) is 0 Å². The van der Waals surface area contributed by atoms with E-state index in [-0.39, 0.29) is 11.7 Å². The Morgan fingerprint density at radius 1 is 1.12 bits per heavy atom. The van der Waals surface area contributed by atoms with E-state index in [4.69, 9.17) is 0 Å². The Hall–Kier alpha value is -2.47. The molecule has 0 N–H and O–H groups in total. The molecule has 1 saturated heterocycles. The molecule has 1 aliphatic rings. The van der Waals surface area contributed by atoms with Crippen LogP contribution in [-0.4, -0.2) is 38.7 Å². The van der Waals surface area contributed by atoms with Gasteiger partial charge in [0.25, 0.3) is 5.91 Å². The molecule has 1 amide bonds. The minimum absolute atomic E-state index is 0.0700. The molecule has 0 bridgehead atoms. The summed E-state index contributed by atoms with van der Waals surface area (Å²) in [6, 6.07) is 13.8. The maximum absolute atomic E-state index is 12.9. The van der Waals surface area contributed by atoms with Crippen molar-refractivity contribution >= 4 is 17.2 Å². The maximum Gasteiger partial charge on any atom is 0.293 e. The van der Waals surface area contributed by atoms with E-state index in [1.807, 2.05) is 52.7 Å². The molecule has 2 aromatic heterocycles. The zero-order valence-electron chi connectivity index (χ0n) is 14.1. The third-order valence-electron chi connectivity index (χ3n) is 4.61. The van der Waals surface area contributed by atoms with Crippen molar-refractivity contribution in [2.75, 3.05) is 13.1 Å². The number of amides is 1. The van der Waals surface area contributed by atoms with Crippen LogP contribution in [0.2, 0.25) is 0 Å². The van der Waals surface area contributed by atoms with Gasteiger partial charge in [-0.25, -0.2) is 9.67 Å². The number of benzene rings is 1. The van der Waals surface area contributed by atoms with Crippen LogP contribution in [0.4, 0.5) is 0 Å². The number of hydrogen-bond donors (Lipinski definition) is 0. The number of carbonyl (C=O) groups is 1. The predicted octanol–water partition coefficient (Wildman–Crippen LogP) is 3.87. The molecular formula is C19H20N4OS. The standard InChI is InChI=1S/C19H20N4OS/c1-14-9-11-22(12-10-14)19(24)17-20-18(16-8-5-13-25-16)23(21-17)15-6-3-2-4-7-15/h2-8,13-14H,9-12H2,1H3. The van der Waals surface area contributed by atoms with E-state index in [0.29, 0.717) is 5.92 Å². The van der Waals surface area contributed by atoms with Gasteiger partial charge in [0, 0.05) is 13.1 Å². The second-order valence-electron chi connectivity index (χ2n) is 6.46. The molecule has 0 radical (unpaired) electrons. The number of nitrogens with zero attached hydrogens (tertiary/aromatic N) is 4. The normalized spacial score (nSPS) is 15.5. The van der Waals surface area contributed by atoms with Gasteiger partial charge in [0.1, 0.15) is 0 Å². The molecule has 3 heterocycles. The zero-order chi connectivity index (χ0) is 17.2. The second-order valence-corrected chi connectivity index (χ2v) is 7.41. The summed E-state index contributed by atoms with van der Waals surface area (Å²) in [5, 5.41) is 6.56. The zero-order valence-corrected chi connectivity index (χ0v) is 14.9. The molecule has 0 aliphatic carbocycles. The molecule has 3 aromatic rings. The van der Waals surface area contributed by atoms with E-state index in [1.54, 1.807) is 16.0 Å². The summed E-state index contributed by atoms with van der Waals surface area (Å²) in [4.78, 5) is 20.3. The largest absolute Gasteiger partial charge is 0.336 e. The molecule has 25 heavy (non-hydrogen) atoms. The number of aromatic nitrogens is 3. The van der Waals surface area contributed by atoms with Crippen molar-refractivity contribution in [1.82, 2.24) is 19.7 Å². The van der Waals surface area contributed by atoms with Crippen LogP contribution >= 0.6 is 11.3 Å². The molecule has 1 aromatic carbocycles. The first-order valence-electron chi connectivity index (χ1n) is 8.58. The number of rotatable bonds is 3. The Balaban J connectivity index is 1.71. The number of para-hydroxylation sites is 1. The van der Waals surface area contributed by atoms with Crippen LogP contribution in [0.5, 0.6) is 0 Å². The Labute approximate surface area is 150 Å². The van der Waals surface area contributed by atoms with Crippen molar-refractivity contribution < 1.29 is 4.79 Å². The minimum atomic E-state index is -0.0700. The Kier molecular flexibility index (Phi) is 4.36. The highest BCUT2D eigenvalue weighted by molar-refractivity contribution is 7.13. The maximum atomic E-state index is 12.9. The molecule has 4 rings (SSSR count). The summed E-state index contributed by atoms with van der Waals surface area (Å²) in [6.45, 7) is 3.81. The van der Waals surface area contributed by atoms with E-state index in [9.17, 15) is 4.79 Å². The van der Waals surface area contributed by atoms with Crippen LogP contribution in [0.15, 0.2) is 47.8 Å². The molecule has 128 valence electrons. The van der Waals surface area contributed by atoms with Crippen LogP contribution < -0.4 is 0 Å². The van der Waals surface area contributed by atoms with E-state index in [0.717, 1.165) is 42.3 Å². The molecule has 0 spiro atoms. The molecule has 1 aliphatic heterocycles. The van der Waals surface area contributed by atoms with E-state index in [1.165, 1.54) is 0 Å². The Morgan fingerprint density at radius 3 is 2.56 bits per heavy atom. The fraction of sp³-hybridized carbons (Fsp3) is 0.316. The molecule has 6 heteroatoms. The summed E-state index contributed by atoms with van der Waals surface area (Å²) in [6.07, 6.45) is 2.09. The van der Waals surface area contributed by atoms with Gasteiger partial charge in [-0.15, -0.1) is 16.4 Å². The smallest absolute Gasteiger partial charge is 0.293 e. The lowest BCUT2D eigenvalue weighted by Crippen LogP contribution is -2.38. The summed E-state index contributed by atoms with van der Waals surface area (Å²) in [5.74, 6) is 1.61. The summed E-state index contributed by atoms with van der Waals surface area (Å²) < 4.78 is 1.77. The minimum Gasteiger partial charge on any atom is -0.336 e. The van der Waals surface area contributed by atoms with Gasteiger partial charge in [-0.1, -0.05) is 31.2 Å². The highest BCUT2D eigenvalue weighted by atomic mass is 32.1.